The Balaban J connectivity index is 1.16. The summed E-state index contributed by atoms with van der Waals surface area (Å²) in [5.74, 6) is 0.890. The molecule has 0 spiro atoms. The fourth-order valence-electron chi connectivity index (χ4n) is 3.81. The molecule has 5 nitrogen and oxygen atoms in total. The van der Waals surface area contributed by atoms with Crippen molar-refractivity contribution in [3.05, 3.63) is 86.7 Å². The number of hydrogen-bond donors (Lipinski definition) is 0. The van der Waals surface area contributed by atoms with E-state index in [-0.39, 0.29) is 11.8 Å². The highest BCUT2D eigenvalue weighted by Gasteiger charge is 2.26. The van der Waals surface area contributed by atoms with Gasteiger partial charge in [0.2, 0.25) is 0 Å². The van der Waals surface area contributed by atoms with E-state index in [0.29, 0.717) is 37.7 Å². The minimum atomic E-state index is 0.0233. The number of benzene rings is 2. The topological polar surface area (TPSA) is 49.9 Å². The molecule has 162 valence electrons. The molecule has 0 bridgehead atoms. The van der Waals surface area contributed by atoms with Gasteiger partial charge in [-0.1, -0.05) is 36.4 Å². The Hall–Kier alpha value is -3.16. The van der Waals surface area contributed by atoms with Crippen molar-refractivity contribution in [2.24, 2.45) is 0 Å². The number of ether oxygens (including phenoxy) is 1. The lowest BCUT2D eigenvalue weighted by Gasteiger charge is -2.34. The van der Waals surface area contributed by atoms with E-state index in [4.69, 9.17) is 4.74 Å². The summed E-state index contributed by atoms with van der Waals surface area (Å²) in [7, 11) is 0. The van der Waals surface area contributed by atoms with Gasteiger partial charge in [0.15, 0.2) is 0 Å². The van der Waals surface area contributed by atoms with Crippen LogP contribution in [0, 0.1) is 0 Å². The molecule has 4 aromatic rings. The molecule has 0 unspecified atom stereocenters. The van der Waals surface area contributed by atoms with Crippen molar-refractivity contribution in [2.75, 3.05) is 26.2 Å². The maximum Gasteiger partial charge on any atom is 0.264 e. The van der Waals surface area contributed by atoms with Gasteiger partial charge in [-0.05, 0) is 45.8 Å². The van der Waals surface area contributed by atoms with E-state index < -0.39 is 0 Å². The Morgan fingerprint density at radius 2 is 1.50 bits per heavy atom. The van der Waals surface area contributed by atoms with Crippen LogP contribution in [0.2, 0.25) is 0 Å². The first-order valence-electron chi connectivity index (χ1n) is 10.5. The largest absolute Gasteiger partial charge is 0.489 e. The molecule has 7 heteroatoms. The van der Waals surface area contributed by atoms with Crippen LogP contribution in [0.1, 0.15) is 24.9 Å². The molecule has 2 aromatic heterocycles. The van der Waals surface area contributed by atoms with Gasteiger partial charge in [0, 0.05) is 31.7 Å². The molecule has 2 amide bonds. The van der Waals surface area contributed by atoms with Gasteiger partial charge in [-0.25, -0.2) is 0 Å². The van der Waals surface area contributed by atoms with Gasteiger partial charge < -0.3 is 14.5 Å². The molecule has 1 saturated heterocycles. The van der Waals surface area contributed by atoms with Crippen LogP contribution in [0.4, 0.5) is 0 Å². The zero-order valence-corrected chi connectivity index (χ0v) is 19.0. The smallest absolute Gasteiger partial charge is 0.264 e. The number of piperazine rings is 1. The number of carbonyl (C=O) groups is 2. The highest BCUT2D eigenvalue weighted by Crippen LogP contribution is 2.23. The molecule has 3 heterocycles. The molecule has 1 aliphatic heterocycles. The SMILES string of the molecule is O=C(c1cccs1)N1CCN(C(=O)c2cc(COc3ccc4ccccc4c3)cs2)CC1. The molecule has 0 saturated carbocycles. The first-order valence-corrected chi connectivity index (χ1v) is 12.2. The third kappa shape index (κ3) is 4.40. The second-order valence-electron chi connectivity index (χ2n) is 7.68. The Morgan fingerprint density at radius 3 is 2.22 bits per heavy atom. The van der Waals surface area contributed by atoms with Crippen LogP contribution < -0.4 is 4.74 Å². The minimum Gasteiger partial charge on any atom is -0.489 e. The van der Waals surface area contributed by atoms with Crippen LogP contribution in [-0.2, 0) is 6.61 Å². The molecular weight excluding hydrogens is 440 g/mol. The third-order valence-electron chi connectivity index (χ3n) is 5.58. The third-order valence-corrected chi connectivity index (χ3v) is 7.40. The van der Waals surface area contributed by atoms with Crippen LogP contribution in [0.5, 0.6) is 5.75 Å². The zero-order valence-electron chi connectivity index (χ0n) is 17.4. The summed E-state index contributed by atoms with van der Waals surface area (Å²) in [6, 6.07) is 19.9. The van der Waals surface area contributed by atoms with E-state index >= 15 is 0 Å². The number of rotatable bonds is 5. The summed E-state index contributed by atoms with van der Waals surface area (Å²) in [6.45, 7) is 2.65. The Labute approximate surface area is 194 Å². The van der Waals surface area contributed by atoms with Crippen molar-refractivity contribution >= 4 is 45.3 Å². The average Bonchev–Trinajstić information content (AvgIpc) is 3.54. The highest BCUT2D eigenvalue weighted by molar-refractivity contribution is 7.12. The molecule has 5 rings (SSSR count). The lowest BCUT2D eigenvalue weighted by atomic mass is 10.1. The number of fused-ring (bicyclic) bond motifs is 1. The van der Waals surface area contributed by atoms with Gasteiger partial charge in [-0.2, -0.15) is 0 Å². The number of hydrogen-bond acceptors (Lipinski definition) is 5. The Bertz CT molecular complexity index is 1240. The summed E-state index contributed by atoms with van der Waals surface area (Å²) in [5, 5.41) is 6.21. The van der Waals surface area contributed by atoms with Gasteiger partial charge in [-0.15, -0.1) is 22.7 Å². The number of carbonyl (C=O) groups excluding carboxylic acids is 2. The average molecular weight is 463 g/mol. The second kappa shape index (κ2) is 9.14. The fourth-order valence-corrected chi connectivity index (χ4v) is 5.37. The molecule has 0 radical (unpaired) electrons. The van der Waals surface area contributed by atoms with Gasteiger partial charge >= 0.3 is 0 Å². The first kappa shape index (κ1) is 20.7. The summed E-state index contributed by atoms with van der Waals surface area (Å²) >= 11 is 2.90. The number of thiophene rings is 2. The Morgan fingerprint density at radius 1 is 0.781 bits per heavy atom. The quantitative estimate of drug-likeness (QED) is 0.413. The second-order valence-corrected chi connectivity index (χ2v) is 9.54. The van der Waals surface area contributed by atoms with Crippen LogP contribution in [0.3, 0.4) is 0 Å². The highest BCUT2D eigenvalue weighted by atomic mass is 32.1. The van der Waals surface area contributed by atoms with Crippen molar-refractivity contribution < 1.29 is 14.3 Å². The molecule has 2 aromatic carbocycles. The molecule has 0 aliphatic carbocycles. The lowest BCUT2D eigenvalue weighted by molar-refractivity contribution is 0.0540. The molecular formula is C25H22N2O3S2. The molecule has 0 atom stereocenters. The monoisotopic (exact) mass is 462 g/mol. The van der Waals surface area contributed by atoms with Crippen molar-refractivity contribution in [3.63, 3.8) is 0 Å². The van der Waals surface area contributed by atoms with Gasteiger partial charge in [0.25, 0.3) is 11.8 Å². The van der Waals surface area contributed by atoms with Gasteiger partial charge in [-0.3, -0.25) is 9.59 Å². The van der Waals surface area contributed by atoms with E-state index in [9.17, 15) is 9.59 Å². The van der Waals surface area contributed by atoms with E-state index in [1.807, 2.05) is 63.0 Å². The van der Waals surface area contributed by atoms with E-state index in [1.165, 1.54) is 28.1 Å². The molecule has 1 aliphatic rings. The van der Waals surface area contributed by atoms with Crippen molar-refractivity contribution in [1.82, 2.24) is 9.80 Å². The Kier molecular flexibility index (Phi) is 5.92. The summed E-state index contributed by atoms with van der Waals surface area (Å²) < 4.78 is 5.95. The van der Waals surface area contributed by atoms with Crippen LogP contribution in [0.25, 0.3) is 10.8 Å². The van der Waals surface area contributed by atoms with Crippen LogP contribution in [0.15, 0.2) is 71.4 Å². The van der Waals surface area contributed by atoms with Crippen molar-refractivity contribution in [1.29, 1.82) is 0 Å². The van der Waals surface area contributed by atoms with E-state index in [2.05, 4.69) is 18.2 Å². The predicted octanol–water partition coefficient (Wildman–Crippen LogP) is 5.14. The van der Waals surface area contributed by atoms with Gasteiger partial charge in [0.1, 0.15) is 12.4 Å². The lowest BCUT2D eigenvalue weighted by Crippen LogP contribution is -2.50. The standard InChI is InChI=1S/C25H22N2O3S2/c28-24(22-6-3-13-31-22)26-9-11-27(12-10-26)25(29)23-14-18(17-32-23)16-30-21-8-7-19-4-1-2-5-20(19)15-21/h1-8,13-15,17H,9-12,16H2. The van der Waals surface area contributed by atoms with Crippen LogP contribution in [-0.4, -0.2) is 47.8 Å². The normalized spacial score (nSPS) is 14.0. The molecule has 1 fully saturated rings. The van der Waals surface area contributed by atoms with Crippen molar-refractivity contribution in [2.45, 2.75) is 6.61 Å². The zero-order chi connectivity index (χ0) is 21.9. The maximum absolute atomic E-state index is 12.9. The first-order chi connectivity index (χ1) is 15.7. The van der Waals surface area contributed by atoms with Gasteiger partial charge in [0.05, 0.1) is 9.75 Å². The fraction of sp³-hybridized carbons (Fsp3) is 0.200. The maximum atomic E-state index is 12.9. The van der Waals surface area contributed by atoms with Crippen molar-refractivity contribution in [3.8, 4) is 5.75 Å². The summed E-state index contributed by atoms with van der Waals surface area (Å²) in [4.78, 5) is 30.5. The van der Waals surface area contributed by atoms with E-state index in [1.54, 1.807) is 0 Å². The van der Waals surface area contributed by atoms with E-state index in [0.717, 1.165) is 21.6 Å². The number of amides is 2. The molecule has 32 heavy (non-hydrogen) atoms. The molecule has 0 N–H and O–H groups in total. The summed E-state index contributed by atoms with van der Waals surface area (Å²) in [5.41, 5.74) is 0.984. The number of nitrogens with zero attached hydrogens (tertiary/aromatic N) is 2. The minimum absolute atomic E-state index is 0.0233. The predicted molar refractivity (Wildman–Crippen MR) is 129 cm³/mol. The van der Waals surface area contributed by atoms with Crippen LogP contribution >= 0.6 is 22.7 Å². The summed E-state index contributed by atoms with van der Waals surface area (Å²) in [6.07, 6.45) is 0.